The molecule has 0 fully saturated rings. The number of alkyl halides is 3. The second kappa shape index (κ2) is 5.20. The molecular formula is C11H5Cl3F2N2O2. The molecule has 4 nitrogen and oxygen atoms in total. The summed E-state index contributed by atoms with van der Waals surface area (Å²) in [5, 5.41) is -0.101. The van der Waals surface area contributed by atoms with Gasteiger partial charge in [-0.05, 0) is 23.7 Å². The summed E-state index contributed by atoms with van der Waals surface area (Å²) in [7, 11) is 0. The number of benzene rings is 1. The predicted octanol–water partition coefficient (Wildman–Crippen LogP) is 4.04. The summed E-state index contributed by atoms with van der Waals surface area (Å²) < 4.78 is 30.7. The quantitative estimate of drug-likeness (QED) is 0.857. The molecule has 0 saturated carbocycles. The van der Waals surface area contributed by atoms with Gasteiger partial charge in [-0.25, -0.2) is 0 Å². The fraction of sp³-hybridized carbons (Fsp3) is 0.0909. The van der Waals surface area contributed by atoms with Crippen molar-refractivity contribution in [2.75, 3.05) is 0 Å². The maximum absolute atomic E-state index is 13.1. The zero-order valence-corrected chi connectivity index (χ0v) is 11.7. The topological polar surface area (TPSA) is 69.1 Å². The van der Waals surface area contributed by atoms with Crippen molar-refractivity contribution in [1.82, 2.24) is 5.16 Å². The van der Waals surface area contributed by atoms with Gasteiger partial charge in [0.05, 0.1) is 10.0 Å². The minimum Gasteiger partial charge on any atom is -0.365 e. The summed E-state index contributed by atoms with van der Waals surface area (Å²) in [5.41, 5.74) is 4.52. The van der Waals surface area contributed by atoms with Crippen molar-refractivity contribution in [2.45, 2.75) is 5.38 Å². The van der Waals surface area contributed by atoms with Crippen LogP contribution in [-0.4, -0.2) is 11.1 Å². The number of carbonyl (C=O) groups excluding carboxylic acids is 1. The number of amides is 1. The van der Waals surface area contributed by atoms with E-state index >= 15 is 0 Å². The Morgan fingerprint density at radius 1 is 1.30 bits per heavy atom. The molecule has 0 aliphatic rings. The Labute approximate surface area is 126 Å². The van der Waals surface area contributed by atoms with Crippen molar-refractivity contribution in [1.29, 1.82) is 0 Å². The van der Waals surface area contributed by atoms with Gasteiger partial charge in [0, 0.05) is 5.56 Å². The second-order valence-corrected chi connectivity index (χ2v) is 5.02. The van der Waals surface area contributed by atoms with Crippen molar-refractivity contribution in [3.8, 4) is 11.3 Å². The Morgan fingerprint density at radius 3 is 2.45 bits per heavy atom. The Balaban J connectivity index is 2.66. The lowest BCUT2D eigenvalue weighted by atomic mass is 10.1. The standard InChI is InChI=1S/C11H5Cl3F2N2O2/c12-5-2-1-4(3-6(5)13)8-7(10(17)19)9(20-18-8)11(14,15)16/h1-3H,(H2,17,19). The number of aromatic nitrogens is 1. The van der Waals surface area contributed by atoms with Crippen LogP contribution in [0.15, 0.2) is 22.7 Å². The van der Waals surface area contributed by atoms with Gasteiger partial charge in [-0.15, -0.1) is 0 Å². The Bertz CT molecular complexity index is 683. The Morgan fingerprint density at radius 2 is 1.95 bits per heavy atom. The highest BCUT2D eigenvalue weighted by Gasteiger charge is 2.40. The SMILES string of the molecule is NC(=O)c1c(-c2ccc(Cl)c(Cl)c2)noc1C(F)(F)Cl. The van der Waals surface area contributed by atoms with Crippen LogP contribution in [0.25, 0.3) is 11.3 Å². The highest BCUT2D eigenvalue weighted by atomic mass is 35.5. The van der Waals surface area contributed by atoms with Gasteiger partial charge < -0.3 is 10.3 Å². The third kappa shape index (κ3) is 2.72. The molecule has 0 aliphatic carbocycles. The van der Waals surface area contributed by atoms with E-state index in [-0.39, 0.29) is 21.3 Å². The van der Waals surface area contributed by atoms with Gasteiger partial charge in [0.25, 0.3) is 5.91 Å². The number of hydrogen-bond acceptors (Lipinski definition) is 3. The van der Waals surface area contributed by atoms with Crippen LogP contribution in [0.5, 0.6) is 0 Å². The molecule has 2 N–H and O–H groups in total. The molecule has 0 unspecified atom stereocenters. The maximum atomic E-state index is 13.1. The number of primary amides is 1. The molecule has 2 aromatic rings. The van der Waals surface area contributed by atoms with E-state index in [2.05, 4.69) is 9.68 Å². The van der Waals surface area contributed by atoms with Crippen molar-refractivity contribution >= 4 is 40.7 Å². The van der Waals surface area contributed by atoms with E-state index in [1.165, 1.54) is 18.2 Å². The molecule has 1 aromatic heterocycles. The number of halogens is 5. The van der Waals surface area contributed by atoms with E-state index in [1.54, 1.807) is 0 Å². The van der Waals surface area contributed by atoms with Crippen LogP contribution in [0, 0.1) is 0 Å². The lowest BCUT2D eigenvalue weighted by Gasteiger charge is -2.05. The fourth-order valence-electron chi connectivity index (χ4n) is 1.55. The number of rotatable bonds is 3. The third-order valence-electron chi connectivity index (χ3n) is 2.39. The van der Waals surface area contributed by atoms with Crippen LogP contribution >= 0.6 is 34.8 Å². The monoisotopic (exact) mass is 340 g/mol. The van der Waals surface area contributed by atoms with Gasteiger partial charge >= 0.3 is 5.38 Å². The van der Waals surface area contributed by atoms with Crippen LogP contribution in [0.3, 0.4) is 0 Å². The van der Waals surface area contributed by atoms with E-state index in [0.717, 1.165) is 0 Å². The van der Waals surface area contributed by atoms with Crippen molar-refractivity contribution < 1.29 is 18.1 Å². The minimum atomic E-state index is -3.91. The largest absolute Gasteiger partial charge is 0.383 e. The lowest BCUT2D eigenvalue weighted by molar-refractivity contribution is 0.0587. The first kappa shape index (κ1) is 15.0. The molecule has 1 aromatic carbocycles. The van der Waals surface area contributed by atoms with Crippen molar-refractivity contribution in [2.24, 2.45) is 5.73 Å². The van der Waals surface area contributed by atoms with Gasteiger partial charge in [0.1, 0.15) is 11.3 Å². The molecule has 106 valence electrons. The normalized spacial score (nSPS) is 11.7. The molecule has 0 spiro atoms. The summed E-state index contributed by atoms with van der Waals surface area (Å²) in [5.74, 6) is -2.27. The van der Waals surface area contributed by atoms with E-state index in [1.807, 2.05) is 0 Å². The average Bonchev–Trinajstić information content (AvgIpc) is 2.77. The molecule has 0 saturated heterocycles. The van der Waals surface area contributed by atoms with Crippen LogP contribution in [0.1, 0.15) is 16.1 Å². The summed E-state index contributed by atoms with van der Waals surface area (Å²) >= 11 is 16.4. The molecular weight excluding hydrogens is 336 g/mol. The Kier molecular flexibility index (Phi) is 3.90. The number of carbonyl (C=O) groups is 1. The molecule has 0 aliphatic heterocycles. The van der Waals surface area contributed by atoms with E-state index in [9.17, 15) is 13.6 Å². The third-order valence-corrected chi connectivity index (χ3v) is 3.30. The molecule has 1 heterocycles. The fourth-order valence-corrected chi connectivity index (χ4v) is 1.98. The number of nitrogens with two attached hydrogens (primary N) is 1. The molecule has 1 amide bonds. The average molecular weight is 342 g/mol. The Hall–Kier alpha value is -1.37. The molecule has 2 rings (SSSR count). The minimum absolute atomic E-state index is 0.154. The van der Waals surface area contributed by atoms with E-state index < -0.39 is 22.6 Å². The van der Waals surface area contributed by atoms with Gasteiger partial charge in [0.15, 0.2) is 0 Å². The number of nitrogens with zero attached hydrogens (tertiary/aromatic N) is 1. The summed E-state index contributed by atoms with van der Waals surface area (Å²) in [4.78, 5) is 11.3. The van der Waals surface area contributed by atoms with Crippen molar-refractivity contribution in [3.05, 3.63) is 39.6 Å². The second-order valence-electron chi connectivity index (χ2n) is 3.73. The zero-order chi connectivity index (χ0) is 15.1. The first-order chi connectivity index (χ1) is 9.21. The zero-order valence-electron chi connectivity index (χ0n) is 9.46. The van der Waals surface area contributed by atoms with Crippen LogP contribution in [0.2, 0.25) is 10.0 Å². The van der Waals surface area contributed by atoms with E-state index in [4.69, 9.17) is 40.5 Å². The molecule has 0 atom stereocenters. The highest BCUT2D eigenvalue weighted by molar-refractivity contribution is 6.42. The summed E-state index contributed by atoms with van der Waals surface area (Å²) in [6, 6.07) is 4.18. The van der Waals surface area contributed by atoms with Crippen LogP contribution < -0.4 is 5.73 Å². The predicted molar refractivity (Wildman–Crippen MR) is 70.2 cm³/mol. The molecule has 0 bridgehead atoms. The van der Waals surface area contributed by atoms with Crippen LogP contribution in [-0.2, 0) is 5.38 Å². The molecule has 20 heavy (non-hydrogen) atoms. The first-order valence-electron chi connectivity index (χ1n) is 5.04. The van der Waals surface area contributed by atoms with Crippen molar-refractivity contribution in [3.63, 3.8) is 0 Å². The van der Waals surface area contributed by atoms with Gasteiger partial charge in [-0.2, -0.15) is 8.78 Å². The van der Waals surface area contributed by atoms with E-state index in [0.29, 0.717) is 0 Å². The first-order valence-corrected chi connectivity index (χ1v) is 6.17. The van der Waals surface area contributed by atoms with Gasteiger partial charge in [-0.3, -0.25) is 4.79 Å². The molecule has 9 heteroatoms. The summed E-state index contributed by atoms with van der Waals surface area (Å²) in [6.45, 7) is 0. The smallest absolute Gasteiger partial charge is 0.365 e. The maximum Gasteiger partial charge on any atom is 0.383 e. The number of hydrogen-bond donors (Lipinski definition) is 1. The summed E-state index contributed by atoms with van der Waals surface area (Å²) in [6.07, 6.45) is 0. The lowest BCUT2D eigenvalue weighted by Crippen LogP contribution is -2.17. The molecule has 0 radical (unpaired) electrons. The van der Waals surface area contributed by atoms with Crippen LogP contribution in [0.4, 0.5) is 8.78 Å². The highest BCUT2D eigenvalue weighted by Crippen LogP contribution is 2.39. The van der Waals surface area contributed by atoms with Gasteiger partial charge in [0.2, 0.25) is 5.76 Å². The van der Waals surface area contributed by atoms with Gasteiger partial charge in [-0.1, -0.05) is 34.4 Å².